The summed E-state index contributed by atoms with van der Waals surface area (Å²) < 4.78 is 6.46. The summed E-state index contributed by atoms with van der Waals surface area (Å²) in [5.74, 6) is -0.0609. The van der Waals surface area contributed by atoms with Crippen LogP contribution in [0.25, 0.3) is 0 Å². The lowest BCUT2D eigenvalue weighted by atomic mass is 10.0. The number of pyridine rings is 1. The molecule has 0 radical (unpaired) electrons. The molecule has 1 aromatic heterocycles. The average Bonchev–Trinajstić information content (AvgIpc) is 3.51. The first-order valence-corrected chi connectivity index (χ1v) is 11.7. The molecule has 1 aromatic carbocycles. The zero-order valence-corrected chi connectivity index (χ0v) is 18.3. The van der Waals surface area contributed by atoms with E-state index in [1.165, 1.54) is 11.1 Å². The van der Waals surface area contributed by atoms with Crippen LogP contribution in [0.5, 0.6) is 5.75 Å². The molecule has 0 spiro atoms. The predicted octanol–water partition coefficient (Wildman–Crippen LogP) is 2.16. The van der Waals surface area contributed by atoms with Crippen LogP contribution < -0.4 is 10.1 Å². The lowest BCUT2D eigenvalue weighted by molar-refractivity contribution is -0.136. The van der Waals surface area contributed by atoms with E-state index in [1.807, 2.05) is 24.5 Å². The van der Waals surface area contributed by atoms with Crippen molar-refractivity contribution in [2.45, 2.75) is 69.9 Å². The van der Waals surface area contributed by atoms with Crippen molar-refractivity contribution < 1.29 is 19.1 Å². The number of nitrogens with zero attached hydrogens (tertiary/aromatic N) is 3. The van der Waals surface area contributed by atoms with Crippen LogP contribution in [0.4, 0.5) is 0 Å². The van der Waals surface area contributed by atoms with Gasteiger partial charge in [0.25, 0.3) is 5.91 Å². The molecule has 1 saturated carbocycles. The van der Waals surface area contributed by atoms with Crippen molar-refractivity contribution in [3.63, 3.8) is 0 Å². The highest BCUT2D eigenvalue weighted by Gasteiger charge is 2.40. The fraction of sp³-hybridized carbons (Fsp3) is 0.440. The number of hydrogen-bond acceptors (Lipinski definition) is 6. The first-order chi connectivity index (χ1) is 16.1. The number of carbonyl (C=O) groups is 3. The van der Waals surface area contributed by atoms with Gasteiger partial charge in [0, 0.05) is 50.1 Å². The monoisotopic (exact) mass is 446 g/mol. The van der Waals surface area contributed by atoms with Crippen LogP contribution in [0.15, 0.2) is 36.7 Å². The van der Waals surface area contributed by atoms with Crippen LogP contribution in [0.1, 0.15) is 59.2 Å². The Kier molecular flexibility index (Phi) is 4.90. The lowest BCUT2D eigenvalue weighted by Crippen LogP contribution is -2.52. The van der Waals surface area contributed by atoms with Crippen LogP contribution in [0.3, 0.4) is 0 Å². The van der Waals surface area contributed by atoms with Crippen LogP contribution in [-0.4, -0.2) is 50.7 Å². The number of fused-ring (bicyclic) bond motifs is 2. The van der Waals surface area contributed by atoms with Crippen LogP contribution in [-0.2, 0) is 29.2 Å². The van der Waals surface area contributed by atoms with E-state index in [4.69, 9.17) is 4.74 Å². The SMILES string of the molecule is O=C1CCC(N2Cc3cc(O[C@@H]4CCC[C@H]4N4Cc5ccncc5C4)ccc3C2=O)C(=O)N1. The van der Waals surface area contributed by atoms with E-state index in [0.717, 1.165) is 43.7 Å². The second-order valence-corrected chi connectivity index (χ2v) is 9.42. The maximum absolute atomic E-state index is 12.9. The molecule has 6 rings (SSSR count). The van der Waals surface area contributed by atoms with Crippen molar-refractivity contribution in [2.75, 3.05) is 0 Å². The molecule has 170 valence electrons. The summed E-state index contributed by atoms with van der Waals surface area (Å²) in [6.45, 7) is 2.20. The summed E-state index contributed by atoms with van der Waals surface area (Å²) in [5.41, 5.74) is 4.13. The molecule has 1 aliphatic carbocycles. The molecule has 3 aliphatic heterocycles. The van der Waals surface area contributed by atoms with Crippen LogP contribution in [0.2, 0.25) is 0 Å². The third-order valence-electron chi connectivity index (χ3n) is 7.42. The second-order valence-electron chi connectivity index (χ2n) is 9.42. The smallest absolute Gasteiger partial charge is 0.255 e. The fourth-order valence-corrected chi connectivity index (χ4v) is 5.74. The average molecular weight is 447 g/mol. The summed E-state index contributed by atoms with van der Waals surface area (Å²) in [7, 11) is 0. The molecule has 2 aromatic rings. The van der Waals surface area contributed by atoms with Crippen LogP contribution in [0, 0.1) is 0 Å². The molecule has 8 nitrogen and oxygen atoms in total. The molecule has 2 fully saturated rings. The third kappa shape index (κ3) is 3.58. The Morgan fingerprint density at radius 3 is 2.70 bits per heavy atom. The molecule has 3 amide bonds. The zero-order valence-electron chi connectivity index (χ0n) is 18.3. The number of amides is 3. The van der Waals surface area contributed by atoms with E-state index in [9.17, 15) is 14.4 Å². The van der Waals surface area contributed by atoms with Gasteiger partial charge in [-0.25, -0.2) is 0 Å². The molecule has 8 heteroatoms. The van der Waals surface area contributed by atoms with Crippen LogP contribution >= 0.6 is 0 Å². The number of ether oxygens (including phenoxy) is 1. The van der Waals surface area contributed by atoms with Crippen molar-refractivity contribution in [1.82, 2.24) is 20.1 Å². The fourth-order valence-electron chi connectivity index (χ4n) is 5.74. The number of benzene rings is 1. The van der Waals surface area contributed by atoms with Gasteiger partial charge >= 0.3 is 0 Å². The van der Waals surface area contributed by atoms with Gasteiger partial charge in [-0.05, 0) is 66.6 Å². The van der Waals surface area contributed by atoms with Gasteiger partial charge in [-0.1, -0.05) is 0 Å². The van der Waals surface area contributed by atoms with Gasteiger partial charge in [-0.3, -0.25) is 29.6 Å². The molecule has 4 heterocycles. The minimum atomic E-state index is -0.600. The maximum atomic E-state index is 12.9. The number of aromatic nitrogens is 1. The first-order valence-electron chi connectivity index (χ1n) is 11.7. The Morgan fingerprint density at radius 1 is 0.970 bits per heavy atom. The Morgan fingerprint density at radius 2 is 1.85 bits per heavy atom. The van der Waals surface area contributed by atoms with Gasteiger partial charge < -0.3 is 9.64 Å². The van der Waals surface area contributed by atoms with E-state index >= 15 is 0 Å². The third-order valence-corrected chi connectivity index (χ3v) is 7.42. The van der Waals surface area contributed by atoms with Crippen molar-refractivity contribution in [3.8, 4) is 5.75 Å². The summed E-state index contributed by atoms with van der Waals surface area (Å²) in [4.78, 5) is 45.0. The van der Waals surface area contributed by atoms with Crippen molar-refractivity contribution in [1.29, 1.82) is 0 Å². The highest BCUT2D eigenvalue weighted by Crippen LogP contribution is 2.35. The molecular weight excluding hydrogens is 420 g/mol. The molecule has 4 aliphatic rings. The number of hydrogen-bond donors (Lipinski definition) is 1. The topological polar surface area (TPSA) is 91.8 Å². The first kappa shape index (κ1) is 20.4. The molecule has 0 bridgehead atoms. The minimum Gasteiger partial charge on any atom is -0.489 e. The minimum absolute atomic E-state index is 0.105. The summed E-state index contributed by atoms with van der Waals surface area (Å²) in [6.07, 6.45) is 7.80. The highest BCUT2D eigenvalue weighted by atomic mass is 16.5. The summed E-state index contributed by atoms with van der Waals surface area (Å²) >= 11 is 0. The number of piperidine rings is 1. The highest BCUT2D eigenvalue weighted by molar-refractivity contribution is 6.05. The van der Waals surface area contributed by atoms with Gasteiger partial charge in [0.05, 0.1) is 0 Å². The molecular formula is C25H26N4O4. The predicted molar refractivity (Wildman–Crippen MR) is 118 cm³/mol. The normalized spacial score (nSPS) is 27.0. The lowest BCUT2D eigenvalue weighted by Gasteiger charge is -2.29. The van der Waals surface area contributed by atoms with Gasteiger partial charge in [0.1, 0.15) is 17.9 Å². The number of rotatable bonds is 4. The second kappa shape index (κ2) is 7.95. The van der Waals surface area contributed by atoms with E-state index in [1.54, 1.807) is 11.0 Å². The maximum Gasteiger partial charge on any atom is 0.255 e. The Hall–Kier alpha value is -3.26. The summed E-state index contributed by atoms with van der Waals surface area (Å²) in [6, 6.07) is 7.47. The molecule has 1 unspecified atom stereocenters. The molecule has 33 heavy (non-hydrogen) atoms. The van der Waals surface area contributed by atoms with Gasteiger partial charge in [0.15, 0.2) is 0 Å². The van der Waals surface area contributed by atoms with Crippen molar-refractivity contribution >= 4 is 17.7 Å². The quantitative estimate of drug-likeness (QED) is 0.724. The largest absolute Gasteiger partial charge is 0.489 e. The van der Waals surface area contributed by atoms with E-state index < -0.39 is 6.04 Å². The zero-order chi connectivity index (χ0) is 22.5. The van der Waals surface area contributed by atoms with Crippen molar-refractivity contribution in [2.24, 2.45) is 0 Å². The van der Waals surface area contributed by atoms with E-state index in [2.05, 4.69) is 21.3 Å². The van der Waals surface area contributed by atoms with Gasteiger partial charge in [0.2, 0.25) is 11.8 Å². The number of carbonyl (C=O) groups excluding carboxylic acids is 3. The Balaban J connectivity index is 1.16. The standard InChI is InChI=1S/C25H26N4O4/c30-23-7-6-21(24(31)27-23)29-14-16-10-18(4-5-19(16)25(29)32)33-22-3-1-2-20(22)28-12-15-8-9-26-11-17(15)13-28/h4-5,8-11,20-22H,1-3,6-7,12-14H2,(H,27,30,31)/t20-,21?,22-/m1/s1. The summed E-state index contributed by atoms with van der Waals surface area (Å²) in [5, 5.41) is 2.35. The van der Waals surface area contributed by atoms with Gasteiger partial charge in [-0.2, -0.15) is 0 Å². The van der Waals surface area contributed by atoms with E-state index in [0.29, 0.717) is 24.6 Å². The van der Waals surface area contributed by atoms with Gasteiger partial charge in [-0.15, -0.1) is 0 Å². The molecule has 1 N–H and O–H groups in total. The Labute approximate surface area is 191 Å². The molecule has 1 saturated heterocycles. The van der Waals surface area contributed by atoms with Crippen molar-refractivity contribution in [3.05, 3.63) is 58.9 Å². The van der Waals surface area contributed by atoms with E-state index in [-0.39, 0.29) is 30.2 Å². The Bertz CT molecular complexity index is 1120. The molecule has 3 atom stereocenters. The number of imide groups is 1. The number of nitrogens with one attached hydrogen (secondary N) is 1.